The third-order valence-electron chi connectivity index (χ3n) is 3.28. The minimum atomic E-state index is -0.403. The minimum Gasteiger partial charge on any atom is -0.369 e. The highest BCUT2D eigenvalue weighted by atomic mass is 16.2. The number of nitrogen functional groups attached to an aromatic ring is 1. The topological polar surface area (TPSA) is 82.0 Å². The minimum absolute atomic E-state index is 0.0229. The molecule has 0 radical (unpaired) electrons. The van der Waals surface area contributed by atoms with E-state index >= 15 is 0 Å². The first-order valence-electron chi connectivity index (χ1n) is 6.28. The molecule has 0 aliphatic carbocycles. The van der Waals surface area contributed by atoms with Gasteiger partial charge in [0.2, 0.25) is 11.9 Å². The molecule has 1 atom stereocenters. The Labute approximate surface area is 112 Å². The van der Waals surface area contributed by atoms with Crippen molar-refractivity contribution in [3.8, 4) is 0 Å². The summed E-state index contributed by atoms with van der Waals surface area (Å²) in [6.07, 6.45) is 0.782. The molecule has 0 bridgehead atoms. The Morgan fingerprint density at radius 2 is 2.11 bits per heavy atom. The molecule has 0 aliphatic heterocycles. The number of hydrogen-bond acceptors (Lipinski definition) is 4. The van der Waals surface area contributed by atoms with Gasteiger partial charge in [-0.15, -0.1) is 0 Å². The molecular weight excluding hydrogens is 244 g/mol. The van der Waals surface area contributed by atoms with Crippen molar-refractivity contribution in [1.82, 2.24) is 24.2 Å². The third-order valence-corrected chi connectivity index (χ3v) is 3.28. The summed E-state index contributed by atoms with van der Waals surface area (Å²) in [5, 5.41) is 4.41. The van der Waals surface area contributed by atoms with Crippen LogP contribution in [0.3, 0.4) is 0 Å². The lowest BCUT2D eigenvalue weighted by Gasteiger charge is -2.19. The monoisotopic (exact) mass is 264 g/mol. The summed E-state index contributed by atoms with van der Waals surface area (Å²) in [5.41, 5.74) is 8.43. The number of amides is 1. The van der Waals surface area contributed by atoms with E-state index in [9.17, 15) is 4.79 Å². The van der Waals surface area contributed by atoms with Gasteiger partial charge in [0.15, 0.2) is 5.65 Å². The molecule has 1 amide bonds. The Morgan fingerprint density at radius 3 is 2.63 bits per heavy atom. The van der Waals surface area contributed by atoms with Crippen molar-refractivity contribution in [3.63, 3.8) is 0 Å². The van der Waals surface area contributed by atoms with Crippen molar-refractivity contribution in [1.29, 1.82) is 0 Å². The van der Waals surface area contributed by atoms with E-state index in [0.717, 1.165) is 23.3 Å². The van der Waals surface area contributed by atoms with E-state index in [-0.39, 0.29) is 5.91 Å². The number of rotatable bonds is 3. The van der Waals surface area contributed by atoms with Crippen LogP contribution in [0.5, 0.6) is 0 Å². The molecule has 2 N–H and O–H groups in total. The summed E-state index contributed by atoms with van der Waals surface area (Å²) in [5.74, 6) is 0.325. The lowest BCUT2D eigenvalue weighted by molar-refractivity contribution is -0.131. The maximum atomic E-state index is 12.1. The second-order valence-electron chi connectivity index (χ2n) is 4.84. The largest absolute Gasteiger partial charge is 0.369 e. The number of nitrogens with two attached hydrogens (primary N) is 1. The molecule has 2 rings (SSSR count). The number of hydrogen-bond donors (Lipinski definition) is 1. The molecule has 2 heterocycles. The van der Waals surface area contributed by atoms with Gasteiger partial charge in [0.1, 0.15) is 11.6 Å². The first-order valence-corrected chi connectivity index (χ1v) is 6.28. The second kappa shape index (κ2) is 4.56. The van der Waals surface area contributed by atoms with Crippen LogP contribution in [-0.2, 0) is 18.3 Å². The summed E-state index contributed by atoms with van der Waals surface area (Å²) in [6.45, 7) is 3.84. The summed E-state index contributed by atoms with van der Waals surface area (Å²) in [4.78, 5) is 18.0. The van der Waals surface area contributed by atoms with Gasteiger partial charge in [-0.2, -0.15) is 5.10 Å². The van der Waals surface area contributed by atoms with Crippen LogP contribution >= 0.6 is 0 Å². The number of nitrogens with zero attached hydrogens (tertiary/aromatic N) is 5. The van der Waals surface area contributed by atoms with E-state index in [1.165, 1.54) is 0 Å². The predicted molar refractivity (Wildman–Crippen MR) is 73.7 cm³/mol. The predicted octanol–water partition coefficient (Wildman–Crippen LogP) is 0.564. The van der Waals surface area contributed by atoms with Gasteiger partial charge in [-0.3, -0.25) is 14.0 Å². The molecule has 0 saturated heterocycles. The van der Waals surface area contributed by atoms with E-state index < -0.39 is 6.04 Å². The number of carbonyl (C=O) groups is 1. The zero-order valence-electron chi connectivity index (χ0n) is 12.0. The highest BCUT2D eigenvalue weighted by Crippen LogP contribution is 2.25. The van der Waals surface area contributed by atoms with E-state index in [1.807, 2.05) is 20.9 Å². The molecule has 2 aromatic heterocycles. The maximum Gasteiger partial charge on any atom is 0.245 e. The van der Waals surface area contributed by atoms with Gasteiger partial charge in [0, 0.05) is 21.1 Å². The molecular formula is C12H20N6O. The van der Waals surface area contributed by atoms with Gasteiger partial charge >= 0.3 is 0 Å². The molecule has 104 valence electrons. The molecule has 2 aromatic rings. The quantitative estimate of drug-likeness (QED) is 0.878. The molecule has 0 fully saturated rings. The first-order chi connectivity index (χ1) is 8.88. The number of imidazole rings is 1. The SMILES string of the molecule is CCc1nn(C)c2c1nc(N)n2C(C)C(=O)N(C)C. The van der Waals surface area contributed by atoms with Crippen molar-refractivity contribution < 1.29 is 4.79 Å². The Bertz CT molecular complexity index is 624. The lowest BCUT2D eigenvalue weighted by Crippen LogP contribution is -2.30. The van der Waals surface area contributed by atoms with E-state index in [0.29, 0.717) is 5.95 Å². The molecule has 0 spiro atoms. The van der Waals surface area contributed by atoms with Gasteiger partial charge in [0.25, 0.3) is 0 Å². The van der Waals surface area contributed by atoms with Crippen LogP contribution in [0.4, 0.5) is 5.95 Å². The second-order valence-corrected chi connectivity index (χ2v) is 4.84. The molecule has 7 nitrogen and oxygen atoms in total. The van der Waals surface area contributed by atoms with Gasteiger partial charge in [-0.1, -0.05) is 6.92 Å². The number of aromatic nitrogens is 4. The number of fused-ring (bicyclic) bond motifs is 1. The van der Waals surface area contributed by atoms with Gasteiger partial charge < -0.3 is 10.6 Å². The zero-order chi connectivity index (χ0) is 14.3. The number of likely N-dealkylation sites (N-methyl/N-ethyl adjacent to an activating group) is 1. The molecule has 0 aliphatic rings. The average Bonchev–Trinajstić information content (AvgIpc) is 2.84. The molecule has 0 saturated carbocycles. The summed E-state index contributed by atoms with van der Waals surface area (Å²) < 4.78 is 3.47. The molecule has 1 unspecified atom stereocenters. The Balaban J connectivity index is 2.63. The third kappa shape index (κ3) is 1.94. The fourth-order valence-corrected chi connectivity index (χ4v) is 2.32. The van der Waals surface area contributed by atoms with Gasteiger partial charge in [-0.25, -0.2) is 4.98 Å². The van der Waals surface area contributed by atoms with Gasteiger partial charge in [0.05, 0.1) is 5.69 Å². The molecule has 7 heteroatoms. The van der Waals surface area contributed by atoms with Crippen LogP contribution in [0.2, 0.25) is 0 Å². The fourth-order valence-electron chi connectivity index (χ4n) is 2.32. The highest BCUT2D eigenvalue weighted by Gasteiger charge is 2.25. The lowest BCUT2D eigenvalue weighted by atomic mass is 10.3. The van der Waals surface area contributed by atoms with Crippen LogP contribution in [0, 0.1) is 0 Å². The van der Waals surface area contributed by atoms with Crippen molar-refractivity contribution in [2.45, 2.75) is 26.3 Å². The number of aryl methyl sites for hydroxylation is 2. The smallest absolute Gasteiger partial charge is 0.245 e. The van der Waals surface area contributed by atoms with Crippen LogP contribution < -0.4 is 5.73 Å². The molecule has 0 aromatic carbocycles. The van der Waals surface area contributed by atoms with E-state index in [2.05, 4.69) is 10.1 Å². The molecule has 19 heavy (non-hydrogen) atoms. The fraction of sp³-hybridized carbons (Fsp3) is 0.583. The van der Waals surface area contributed by atoms with Crippen LogP contribution in [0.25, 0.3) is 11.2 Å². The van der Waals surface area contributed by atoms with Crippen molar-refractivity contribution in [3.05, 3.63) is 5.69 Å². The number of carbonyl (C=O) groups excluding carboxylic acids is 1. The normalized spacial score (nSPS) is 12.9. The summed E-state index contributed by atoms with van der Waals surface area (Å²) in [6, 6.07) is -0.403. The average molecular weight is 264 g/mol. The summed E-state index contributed by atoms with van der Waals surface area (Å²) in [7, 11) is 5.29. The summed E-state index contributed by atoms with van der Waals surface area (Å²) >= 11 is 0. The van der Waals surface area contributed by atoms with E-state index in [4.69, 9.17) is 5.73 Å². The maximum absolute atomic E-state index is 12.1. The highest BCUT2D eigenvalue weighted by molar-refractivity contribution is 5.84. The van der Waals surface area contributed by atoms with Crippen molar-refractivity contribution in [2.24, 2.45) is 7.05 Å². The van der Waals surface area contributed by atoms with Crippen LogP contribution in [0.15, 0.2) is 0 Å². The van der Waals surface area contributed by atoms with Crippen LogP contribution in [-0.4, -0.2) is 44.2 Å². The Kier molecular flexibility index (Phi) is 3.21. The Morgan fingerprint density at radius 1 is 1.47 bits per heavy atom. The van der Waals surface area contributed by atoms with E-state index in [1.54, 1.807) is 28.2 Å². The zero-order valence-corrected chi connectivity index (χ0v) is 12.0. The Hall–Kier alpha value is -2.05. The first kappa shape index (κ1) is 13.4. The van der Waals surface area contributed by atoms with Crippen molar-refractivity contribution in [2.75, 3.05) is 19.8 Å². The van der Waals surface area contributed by atoms with Crippen molar-refractivity contribution >= 4 is 23.0 Å². The standard InChI is InChI=1S/C12H20N6O/c1-6-8-9-10(17(5)15-8)18(12(13)14-9)7(2)11(19)16(3)4/h7H,6H2,1-5H3,(H2,13,14). The van der Waals surface area contributed by atoms with Crippen LogP contribution in [0.1, 0.15) is 25.6 Å². The van der Waals surface area contributed by atoms with Gasteiger partial charge in [-0.05, 0) is 13.3 Å². The number of anilines is 1.